The molecule has 3 nitrogen and oxygen atoms in total. The molecule has 0 spiro atoms. The van der Waals surface area contributed by atoms with Crippen molar-refractivity contribution in [3.8, 4) is 5.13 Å². The van der Waals surface area contributed by atoms with Gasteiger partial charge in [0.15, 0.2) is 0 Å². The van der Waals surface area contributed by atoms with Crippen LogP contribution in [-0.4, -0.2) is 14.8 Å². The van der Waals surface area contributed by atoms with Crippen molar-refractivity contribution in [2.45, 2.75) is 31.6 Å². The summed E-state index contributed by atoms with van der Waals surface area (Å²) in [6.07, 6.45) is 5.21. The monoisotopic (exact) mass is 301 g/mol. The van der Waals surface area contributed by atoms with Crippen molar-refractivity contribution in [1.29, 1.82) is 0 Å². The SMILES string of the molecule is S=c1cc(C2CCCC2)[nH]n1-c1nc2ccccc2s1. The number of hydrogen-bond acceptors (Lipinski definition) is 3. The molecule has 1 aromatic carbocycles. The average Bonchev–Trinajstić information content (AvgIpc) is 3.16. The van der Waals surface area contributed by atoms with Gasteiger partial charge in [0.25, 0.3) is 0 Å². The predicted molar refractivity (Wildman–Crippen MR) is 85.3 cm³/mol. The third kappa shape index (κ3) is 2.01. The van der Waals surface area contributed by atoms with Gasteiger partial charge in [0.1, 0.15) is 4.64 Å². The standard InChI is InChI=1S/C15H15N3S2/c19-14-9-12(10-5-1-2-6-10)17-18(14)15-16-11-7-3-4-8-13(11)20-15/h3-4,7-10,17H,1-2,5-6H2. The molecule has 0 aliphatic heterocycles. The van der Waals surface area contributed by atoms with Crippen molar-refractivity contribution in [3.63, 3.8) is 0 Å². The summed E-state index contributed by atoms with van der Waals surface area (Å²) in [5.41, 5.74) is 2.30. The lowest BCUT2D eigenvalue weighted by Gasteiger charge is -2.05. The fraction of sp³-hybridized carbons (Fsp3) is 0.333. The van der Waals surface area contributed by atoms with E-state index in [-0.39, 0.29) is 0 Å². The Morgan fingerprint density at radius 1 is 1.25 bits per heavy atom. The van der Waals surface area contributed by atoms with E-state index in [4.69, 9.17) is 12.2 Å². The zero-order valence-electron chi connectivity index (χ0n) is 11.0. The van der Waals surface area contributed by atoms with Gasteiger partial charge in [-0.2, -0.15) is 0 Å². The Kier molecular flexibility index (Phi) is 2.97. The highest BCUT2D eigenvalue weighted by molar-refractivity contribution is 7.71. The zero-order valence-corrected chi connectivity index (χ0v) is 12.6. The predicted octanol–water partition coefficient (Wildman–Crippen LogP) is 4.80. The molecule has 0 bridgehead atoms. The van der Waals surface area contributed by atoms with Crippen molar-refractivity contribution in [1.82, 2.24) is 14.8 Å². The van der Waals surface area contributed by atoms with Crippen LogP contribution in [0.25, 0.3) is 15.3 Å². The molecule has 4 rings (SSSR count). The third-order valence-corrected chi connectivity index (χ3v) is 5.33. The second kappa shape index (κ2) is 4.82. The first-order valence-corrected chi connectivity index (χ1v) is 8.22. The maximum absolute atomic E-state index is 5.49. The minimum absolute atomic E-state index is 0.646. The first kappa shape index (κ1) is 12.3. The van der Waals surface area contributed by atoms with E-state index in [9.17, 15) is 0 Å². The Bertz CT molecular complexity index is 773. The number of hydrogen-bond donors (Lipinski definition) is 1. The third-order valence-electron chi connectivity index (χ3n) is 4.01. The van der Waals surface area contributed by atoms with Crippen molar-refractivity contribution < 1.29 is 0 Å². The Morgan fingerprint density at radius 2 is 2.05 bits per heavy atom. The molecule has 102 valence electrons. The second-order valence-electron chi connectivity index (χ2n) is 5.33. The summed E-state index contributed by atoms with van der Waals surface area (Å²) < 4.78 is 3.97. The van der Waals surface area contributed by atoms with Gasteiger partial charge in [-0.3, -0.25) is 5.10 Å². The number of aromatic nitrogens is 3. The highest BCUT2D eigenvalue weighted by Crippen LogP contribution is 2.34. The molecule has 20 heavy (non-hydrogen) atoms. The van der Waals surface area contributed by atoms with Crippen LogP contribution in [0, 0.1) is 4.64 Å². The lowest BCUT2D eigenvalue weighted by molar-refractivity contribution is 0.677. The molecule has 5 heteroatoms. The van der Waals surface area contributed by atoms with E-state index in [2.05, 4.69) is 22.2 Å². The molecule has 0 radical (unpaired) electrons. The molecule has 2 heterocycles. The minimum Gasteiger partial charge on any atom is -0.295 e. The number of benzene rings is 1. The molecule has 0 atom stereocenters. The highest BCUT2D eigenvalue weighted by Gasteiger charge is 2.19. The first-order chi connectivity index (χ1) is 9.81. The molecule has 1 N–H and O–H groups in total. The maximum atomic E-state index is 5.49. The van der Waals surface area contributed by atoms with Crippen LogP contribution in [0.1, 0.15) is 37.3 Å². The number of H-pyrrole nitrogens is 1. The van der Waals surface area contributed by atoms with Crippen LogP contribution in [0.5, 0.6) is 0 Å². The Labute approximate surface area is 126 Å². The van der Waals surface area contributed by atoms with Gasteiger partial charge in [-0.1, -0.05) is 48.5 Å². The quantitative estimate of drug-likeness (QED) is 0.690. The molecule has 1 saturated carbocycles. The van der Waals surface area contributed by atoms with E-state index in [1.54, 1.807) is 11.3 Å². The van der Waals surface area contributed by atoms with Crippen molar-refractivity contribution in [3.05, 3.63) is 40.7 Å². The first-order valence-electron chi connectivity index (χ1n) is 6.99. The Balaban J connectivity index is 1.79. The molecule has 0 saturated heterocycles. The van der Waals surface area contributed by atoms with Gasteiger partial charge < -0.3 is 0 Å². The van der Waals surface area contributed by atoms with E-state index in [0.717, 1.165) is 15.3 Å². The molecular formula is C15H15N3S2. The fourth-order valence-electron chi connectivity index (χ4n) is 2.96. The summed E-state index contributed by atoms with van der Waals surface area (Å²) in [5, 5.41) is 4.39. The lowest BCUT2D eigenvalue weighted by Crippen LogP contribution is -1.98. The van der Waals surface area contributed by atoms with E-state index in [1.165, 1.54) is 36.1 Å². The van der Waals surface area contributed by atoms with Crippen LogP contribution in [0.4, 0.5) is 0 Å². The second-order valence-corrected chi connectivity index (χ2v) is 6.76. The van der Waals surface area contributed by atoms with Gasteiger partial charge in [-0.15, -0.1) is 0 Å². The fourth-order valence-corrected chi connectivity index (χ4v) is 4.22. The van der Waals surface area contributed by atoms with Gasteiger partial charge >= 0.3 is 0 Å². The number of nitrogens with zero attached hydrogens (tertiary/aromatic N) is 2. The highest BCUT2D eigenvalue weighted by atomic mass is 32.1. The summed E-state index contributed by atoms with van der Waals surface area (Å²) in [7, 11) is 0. The van der Waals surface area contributed by atoms with Crippen LogP contribution in [0.3, 0.4) is 0 Å². The summed E-state index contributed by atoms with van der Waals surface area (Å²) in [5.74, 6) is 0.646. The van der Waals surface area contributed by atoms with Gasteiger partial charge in [0, 0.05) is 11.6 Å². The lowest BCUT2D eigenvalue weighted by atomic mass is 10.1. The largest absolute Gasteiger partial charge is 0.295 e. The van der Waals surface area contributed by atoms with E-state index in [0.29, 0.717) is 5.92 Å². The molecule has 1 fully saturated rings. The molecule has 1 aliphatic rings. The Morgan fingerprint density at radius 3 is 2.85 bits per heavy atom. The number of thiazole rings is 1. The van der Waals surface area contributed by atoms with Crippen molar-refractivity contribution in [2.75, 3.05) is 0 Å². The summed E-state index contributed by atoms with van der Waals surface area (Å²) in [6, 6.07) is 10.3. The van der Waals surface area contributed by atoms with Gasteiger partial charge in [-0.05, 0) is 31.0 Å². The average molecular weight is 301 g/mol. The van der Waals surface area contributed by atoms with Crippen LogP contribution >= 0.6 is 23.6 Å². The number of nitrogens with one attached hydrogen (secondary N) is 1. The summed E-state index contributed by atoms with van der Waals surface area (Å²) in [4.78, 5) is 4.67. The van der Waals surface area contributed by atoms with Crippen LogP contribution in [-0.2, 0) is 0 Å². The smallest absolute Gasteiger partial charge is 0.210 e. The van der Waals surface area contributed by atoms with E-state index >= 15 is 0 Å². The molecule has 3 aromatic rings. The van der Waals surface area contributed by atoms with Gasteiger partial charge in [-0.25, -0.2) is 9.67 Å². The van der Waals surface area contributed by atoms with E-state index in [1.807, 2.05) is 22.9 Å². The molecule has 0 amide bonds. The summed E-state index contributed by atoms with van der Waals surface area (Å²) >= 11 is 7.17. The van der Waals surface area contributed by atoms with Crippen LogP contribution < -0.4 is 0 Å². The molecule has 0 unspecified atom stereocenters. The van der Waals surface area contributed by atoms with E-state index < -0.39 is 0 Å². The topological polar surface area (TPSA) is 33.6 Å². The summed E-state index contributed by atoms with van der Waals surface area (Å²) in [6.45, 7) is 0. The molecular weight excluding hydrogens is 286 g/mol. The number of para-hydroxylation sites is 1. The van der Waals surface area contributed by atoms with Crippen molar-refractivity contribution in [2.24, 2.45) is 0 Å². The van der Waals surface area contributed by atoms with Crippen molar-refractivity contribution >= 4 is 33.8 Å². The maximum Gasteiger partial charge on any atom is 0.210 e. The number of rotatable bonds is 2. The number of fused-ring (bicyclic) bond motifs is 1. The van der Waals surface area contributed by atoms with Crippen LogP contribution in [0.15, 0.2) is 30.3 Å². The van der Waals surface area contributed by atoms with Crippen LogP contribution in [0.2, 0.25) is 0 Å². The Hall–Kier alpha value is -1.46. The number of aromatic amines is 1. The normalized spacial score (nSPS) is 16.2. The van der Waals surface area contributed by atoms with Gasteiger partial charge in [0.05, 0.1) is 10.2 Å². The van der Waals surface area contributed by atoms with Gasteiger partial charge in [0.2, 0.25) is 5.13 Å². The molecule has 1 aliphatic carbocycles. The minimum atomic E-state index is 0.646. The molecule has 2 aromatic heterocycles. The zero-order chi connectivity index (χ0) is 13.5.